The number of ether oxygens (including phenoxy) is 1. The molecule has 0 atom stereocenters. The van der Waals surface area contributed by atoms with Crippen LogP contribution in [0.15, 0.2) is 53.4 Å². The van der Waals surface area contributed by atoms with Gasteiger partial charge in [-0.1, -0.05) is 17.7 Å². The van der Waals surface area contributed by atoms with E-state index < -0.39 is 10.0 Å². The molecule has 2 amide bonds. The lowest BCUT2D eigenvalue weighted by atomic mass is 9.95. The molecule has 172 valence electrons. The minimum atomic E-state index is -3.70. The Labute approximate surface area is 189 Å². The van der Waals surface area contributed by atoms with Gasteiger partial charge in [0, 0.05) is 43.9 Å². The van der Waals surface area contributed by atoms with E-state index in [0.29, 0.717) is 50.3 Å². The van der Waals surface area contributed by atoms with Crippen molar-refractivity contribution in [1.82, 2.24) is 10.2 Å². The van der Waals surface area contributed by atoms with Gasteiger partial charge in [0.1, 0.15) is 0 Å². The Morgan fingerprint density at radius 1 is 1.03 bits per heavy atom. The highest BCUT2D eigenvalue weighted by atomic mass is 32.2. The largest absolute Gasteiger partial charge is 0.383 e. The fourth-order valence-electron chi connectivity index (χ4n) is 3.56. The summed E-state index contributed by atoms with van der Waals surface area (Å²) < 4.78 is 32.5. The number of piperidine rings is 1. The number of hydrogen-bond donors (Lipinski definition) is 2. The number of aryl methyl sites for hydroxylation is 1. The lowest BCUT2D eigenvalue weighted by Gasteiger charge is -2.31. The highest BCUT2D eigenvalue weighted by molar-refractivity contribution is 7.92. The molecule has 0 unspecified atom stereocenters. The third-order valence-corrected chi connectivity index (χ3v) is 6.87. The highest BCUT2D eigenvalue weighted by Crippen LogP contribution is 2.21. The molecule has 32 heavy (non-hydrogen) atoms. The third-order valence-electron chi connectivity index (χ3n) is 5.47. The first-order chi connectivity index (χ1) is 15.3. The number of nitrogens with zero attached hydrogens (tertiary/aromatic N) is 1. The van der Waals surface area contributed by atoms with Crippen LogP contribution in [0, 0.1) is 12.8 Å². The van der Waals surface area contributed by atoms with E-state index in [-0.39, 0.29) is 22.6 Å². The van der Waals surface area contributed by atoms with Crippen molar-refractivity contribution in [2.75, 3.05) is 38.1 Å². The Bertz CT molecular complexity index is 1030. The summed E-state index contributed by atoms with van der Waals surface area (Å²) in [6.07, 6.45) is 1.22. The molecule has 9 heteroatoms. The van der Waals surface area contributed by atoms with Gasteiger partial charge in [-0.05, 0) is 56.2 Å². The van der Waals surface area contributed by atoms with E-state index in [9.17, 15) is 18.0 Å². The smallest absolute Gasteiger partial charge is 0.261 e. The Morgan fingerprint density at radius 2 is 1.66 bits per heavy atom. The Morgan fingerprint density at radius 3 is 2.25 bits per heavy atom. The lowest BCUT2D eigenvalue weighted by molar-refractivity contribution is -0.126. The number of benzene rings is 2. The van der Waals surface area contributed by atoms with Crippen molar-refractivity contribution >= 4 is 27.5 Å². The topological polar surface area (TPSA) is 105 Å². The summed E-state index contributed by atoms with van der Waals surface area (Å²) in [5.74, 6) is -0.231. The molecule has 0 bridgehead atoms. The van der Waals surface area contributed by atoms with Gasteiger partial charge in [0.2, 0.25) is 5.91 Å². The number of hydrogen-bond acceptors (Lipinski definition) is 5. The number of nitrogens with one attached hydrogen (secondary N) is 2. The van der Waals surface area contributed by atoms with Crippen molar-refractivity contribution < 1.29 is 22.7 Å². The maximum atomic E-state index is 12.8. The molecule has 0 radical (unpaired) electrons. The summed E-state index contributed by atoms with van der Waals surface area (Å²) in [7, 11) is -2.11. The third kappa shape index (κ3) is 6.08. The van der Waals surface area contributed by atoms with E-state index in [4.69, 9.17) is 4.74 Å². The number of methoxy groups -OCH3 is 1. The Hall–Kier alpha value is -2.91. The van der Waals surface area contributed by atoms with E-state index in [2.05, 4.69) is 10.0 Å². The molecule has 2 aromatic rings. The van der Waals surface area contributed by atoms with E-state index in [1.807, 2.05) is 6.92 Å². The maximum Gasteiger partial charge on any atom is 0.261 e. The van der Waals surface area contributed by atoms with E-state index >= 15 is 0 Å². The molecular formula is C23H29N3O5S. The van der Waals surface area contributed by atoms with Crippen LogP contribution in [0.2, 0.25) is 0 Å². The van der Waals surface area contributed by atoms with Crippen molar-refractivity contribution in [3.63, 3.8) is 0 Å². The molecule has 3 rings (SSSR count). The fourth-order valence-corrected chi connectivity index (χ4v) is 4.62. The molecule has 1 heterocycles. The molecule has 1 aliphatic rings. The van der Waals surface area contributed by atoms with Crippen LogP contribution in [0.4, 0.5) is 5.69 Å². The van der Waals surface area contributed by atoms with Crippen LogP contribution >= 0.6 is 0 Å². The Balaban J connectivity index is 1.55. The lowest BCUT2D eigenvalue weighted by Crippen LogP contribution is -2.43. The molecule has 0 spiro atoms. The zero-order valence-electron chi connectivity index (χ0n) is 18.3. The summed E-state index contributed by atoms with van der Waals surface area (Å²) in [6.45, 7) is 3.85. The summed E-state index contributed by atoms with van der Waals surface area (Å²) >= 11 is 0. The minimum Gasteiger partial charge on any atom is -0.383 e. The summed E-state index contributed by atoms with van der Waals surface area (Å²) in [5.41, 5.74) is 1.84. The SMILES string of the molecule is COCCNC(=O)C1CCN(C(=O)c2ccc(NS(=O)(=O)c3ccc(C)cc3)cc2)CC1. The van der Waals surface area contributed by atoms with Crippen LogP contribution in [0.5, 0.6) is 0 Å². The second kappa shape index (κ2) is 10.6. The van der Waals surface area contributed by atoms with Gasteiger partial charge in [0.05, 0.1) is 11.5 Å². The van der Waals surface area contributed by atoms with Crippen LogP contribution in [-0.2, 0) is 19.6 Å². The average Bonchev–Trinajstić information content (AvgIpc) is 2.79. The number of rotatable bonds is 8. The molecule has 2 N–H and O–H groups in total. The molecule has 0 saturated carbocycles. The number of sulfonamides is 1. The summed E-state index contributed by atoms with van der Waals surface area (Å²) in [6, 6.07) is 13.0. The second-order valence-corrected chi connectivity index (χ2v) is 9.53. The molecule has 1 aliphatic heterocycles. The van der Waals surface area contributed by atoms with Gasteiger partial charge >= 0.3 is 0 Å². The van der Waals surface area contributed by atoms with Crippen LogP contribution < -0.4 is 10.0 Å². The summed E-state index contributed by atoms with van der Waals surface area (Å²) in [4.78, 5) is 26.9. The standard InChI is InChI=1S/C23H29N3O5S/c1-17-3-9-21(10-4-17)32(29,30)25-20-7-5-19(6-8-20)23(28)26-14-11-18(12-15-26)22(27)24-13-16-31-2/h3-10,18,25H,11-16H2,1-2H3,(H,24,27). The van der Waals surface area contributed by atoms with Crippen molar-refractivity contribution in [1.29, 1.82) is 0 Å². The molecule has 8 nitrogen and oxygen atoms in total. The van der Waals surface area contributed by atoms with E-state index in [1.165, 1.54) is 0 Å². The van der Waals surface area contributed by atoms with Crippen LogP contribution in [0.3, 0.4) is 0 Å². The van der Waals surface area contributed by atoms with Crippen LogP contribution in [-0.4, -0.2) is 58.5 Å². The zero-order chi connectivity index (χ0) is 23.1. The van der Waals surface area contributed by atoms with Crippen LogP contribution in [0.1, 0.15) is 28.8 Å². The van der Waals surface area contributed by atoms with Gasteiger partial charge in [-0.2, -0.15) is 0 Å². The maximum absolute atomic E-state index is 12.8. The van der Waals surface area contributed by atoms with Gasteiger partial charge in [-0.25, -0.2) is 8.42 Å². The zero-order valence-corrected chi connectivity index (χ0v) is 19.2. The predicted octanol–water partition coefficient (Wildman–Crippen LogP) is 2.41. The molecule has 0 aromatic heterocycles. The van der Waals surface area contributed by atoms with Crippen molar-refractivity contribution in [2.24, 2.45) is 5.92 Å². The van der Waals surface area contributed by atoms with E-state index in [0.717, 1.165) is 5.56 Å². The molecule has 2 aromatic carbocycles. The second-order valence-electron chi connectivity index (χ2n) is 7.85. The number of likely N-dealkylation sites (tertiary alicyclic amines) is 1. The van der Waals surface area contributed by atoms with Crippen molar-refractivity contribution in [2.45, 2.75) is 24.7 Å². The van der Waals surface area contributed by atoms with Gasteiger partial charge in [-0.3, -0.25) is 14.3 Å². The van der Waals surface area contributed by atoms with Gasteiger partial charge in [-0.15, -0.1) is 0 Å². The van der Waals surface area contributed by atoms with Crippen LogP contribution in [0.25, 0.3) is 0 Å². The van der Waals surface area contributed by atoms with Crippen molar-refractivity contribution in [3.05, 3.63) is 59.7 Å². The van der Waals surface area contributed by atoms with Gasteiger partial charge < -0.3 is 15.0 Å². The normalized spacial score (nSPS) is 14.8. The number of carbonyl (C=O) groups excluding carboxylic acids is 2. The minimum absolute atomic E-state index is 0.000591. The first kappa shape index (κ1) is 23.7. The number of anilines is 1. The van der Waals surface area contributed by atoms with Gasteiger partial charge in [0.15, 0.2) is 0 Å². The van der Waals surface area contributed by atoms with E-state index in [1.54, 1.807) is 60.5 Å². The van der Waals surface area contributed by atoms with Gasteiger partial charge in [0.25, 0.3) is 15.9 Å². The first-order valence-electron chi connectivity index (χ1n) is 10.6. The predicted molar refractivity (Wildman–Crippen MR) is 122 cm³/mol. The number of amides is 2. The molecular weight excluding hydrogens is 430 g/mol. The quantitative estimate of drug-likeness (QED) is 0.590. The number of carbonyl (C=O) groups is 2. The molecule has 1 fully saturated rings. The highest BCUT2D eigenvalue weighted by Gasteiger charge is 2.27. The van der Waals surface area contributed by atoms with Crippen molar-refractivity contribution in [3.8, 4) is 0 Å². The Kier molecular flexibility index (Phi) is 7.87. The molecule has 0 aliphatic carbocycles. The first-order valence-corrected chi connectivity index (χ1v) is 12.0. The monoisotopic (exact) mass is 459 g/mol. The molecule has 1 saturated heterocycles. The summed E-state index contributed by atoms with van der Waals surface area (Å²) in [5, 5.41) is 2.84. The fraction of sp³-hybridized carbons (Fsp3) is 0.391. The average molecular weight is 460 g/mol.